The Morgan fingerprint density at radius 3 is 2.62 bits per heavy atom. The molecule has 0 spiro atoms. The fourth-order valence-electron chi connectivity index (χ4n) is 2.50. The van der Waals surface area contributed by atoms with Crippen molar-refractivity contribution in [2.24, 2.45) is 5.92 Å². The summed E-state index contributed by atoms with van der Waals surface area (Å²) in [4.78, 5) is 0. The molecule has 0 unspecified atom stereocenters. The fraction of sp³-hybridized carbons (Fsp3) is 0.833. The zero-order valence-electron chi connectivity index (χ0n) is 8.54. The van der Waals surface area contributed by atoms with E-state index in [2.05, 4.69) is 19.1 Å². The minimum Gasteiger partial charge on any atom is -0.371 e. The molecule has 2 aliphatic rings. The van der Waals surface area contributed by atoms with Crippen molar-refractivity contribution in [2.45, 2.75) is 57.7 Å². The van der Waals surface area contributed by atoms with E-state index in [1.54, 1.807) is 0 Å². The lowest BCUT2D eigenvalue weighted by Crippen LogP contribution is -2.30. The van der Waals surface area contributed by atoms with Crippen LogP contribution in [0.4, 0.5) is 0 Å². The van der Waals surface area contributed by atoms with Gasteiger partial charge in [0.1, 0.15) is 0 Å². The van der Waals surface area contributed by atoms with E-state index in [9.17, 15) is 0 Å². The summed E-state index contributed by atoms with van der Waals surface area (Å²) >= 11 is 0. The molecule has 2 atom stereocenters. The number of hydrogen-bond acceptors (Lipinski definition) is 1. The first-order valence-corrected chi connectivity index (χ1v) is 5.68. The lowest BCUT2D eigenvalue weighted by atomic mass is 9.84. The van der Waals surface area contributed by atoms with Crippen LogP contribution in [0.3, 0.4) is 0 Å². The Labute approximate surface area is 81.2 Å². The van der Waals surface area contributed by atoms with Gasteiger partial charge in [0.15, 0.2) is 0 Å². The van der Waals surface area contributed by atoms with E-state index in [1.807, 2.05) is 0 Å². The fourth-order valence-corrected chi connectivity index (χ4v) is 2.50. The van der Waals surface area contributed by atoms with E-state index in [1.165, 1.54) is 32.1 Å². The van der Waals surface area contributed by atoms with Crippen LogP contribution < -0.4 is 0 Å². The van der Waals surface area contributed by atoms with E-state index in [4.69, 9.17) is 4.74 Å². The van der Waals surface area contributed by atoms with Crippen molar-refractivity contribution in [2.75, 3.05) is 0 Å². The minimum absolute atomic E-state index is 0.434. The quantitative estimate of drug-likeness (QED) is 0.563. The highest BCUT2D eigenvalue weighted by atomic mass is 16.5. The average molecular weight is 180 g/mol. The zero-order chi connectivity index (χ0) is 9.10. The SMILES string of the molecule is C[C@@H]1CC=C[C@H](C2CCCCC2)O1. The maximum atomic E-state index is 5.94. The molecule has 0 N–H and O–H groups in total. The summed E-state index contributed by atoms with van der Waals surface area (Å²) in [6.45, 7) is 2.18. The number of rotatable bonds is 1. The van der Waals surface area contributed by atoms with Crippen molar-refractivity contribution in [3.8, 4) is 0 Å². The van der Waals surface area contributed by atoms with E-state index < -0.39 is 0 Å². The molecule has 0 aromatic rings. The monoisotopic (exact) mass is 180 g/mol. The van der Waals surface area contributed by atoms with Crippen molar-refractivity contribution in [3.63, 3.8) is 0 Å². The second kappa shape index (κ2) is 4.28. The molecule has 1 saturated carbocycles. The molecule has 0 aromatic heterocycles. The van der Waals surface area contributed by atoms with Crippen LogP contribution in [0.15, 0.2) is 12.2 Å². The maximum Gasteiger partial charge on any atom is 0.0787 e. The minimum atomic E-state index is 0.434. The predicted octanol–water partition coefficient (Wildman–Crippen LogP) is 3.30. The van der Waals surface area contributed by atoms with E-state index in [-0.39, 0.29) is 0 Å². The molecule has 1 heteroatoms. The van der Waals surface area contributed by atoms with Crippen molar-refractivity contribution in [1.82, 2.24) is 0 Å². The Hall–Kier alpha value is -0.300. The highest BCUT2D eigenvalue weighted by molar-refractivity contribution is 4.98. The molecule has 13 heavy (non-hydrogen) atoms. The summed E-state index contributed by atoms with van der Waals surface area (Å²) in [5.41, 5.74) is 0. The standard InChI is InChI=1S/C12H20O/c1-10-6-5-9-12(13-10)11-7-3-2-4-8-11/h5,9-12H,2-4,6-8H2,1H3/t10-,12-/m1/s1. The van der Waals surface area contributed by atoms with Gasteiger partial charge < -0.3 is 4.74 Å². The Morgan fingerprint density at radius 2 is 1.92 bits per heavy atom. The largest absolute Gasteiger partial charge is 0.371 e. The summed E-state index contributed by atoms with van der Waals surface area (Å²) in [6.07, 6.45) is 13.6. The molecule has 1 aliphatic heterocycles. The third kappa shape index (κ3) is 2.34. The third-order valence-corrected chi connectivity index (χ3v) is 3.30. The normalized spacial score (nSPS) is 36.4. The first kappa shape index (κ1) is 9.26. The summed E-state index contributed by atoms with van der Waals surface area (Å²) in [6, 6.07) is 0. The second-order valence-corrected chi connectivity index (χ2v) is 4.47. The van der Waals surface area contributed by atoms with Crippen LogP contribution in [0.2, 0.25) is 0 Å². The van der Waals surface area contributed by atoms with E-state index >= 15 is 0 Å². The molecule has 0 saturated heterocycles. The number of ether oxygens (including phenoxy) is 1. The van der Waals surface area contributed by atoms with Gasteiger partial charge in [-0.3, -0.25) is 0 Å². The molecule has 2 rings (SSSR count). The van der Waals surface area contributed by atoms with Gasteiger partial charge in [-0.1, -0.05) is 31.4 Å². The maximum absolute atomic E-state index is 5.94. The number of hydrogen-bond donors (Lipinski definition) is 0. The smallest absolute Gasteiger partial charge is 0.0787 e. The first-order valence-electron chi connectivity index (χ1n) is 5.68. The molecule has 0 aromatic carbocycles. The summed E-state index contributed by atoms with van der Waals surface area (Å²) in [7, 11) is 0. The van der Waals surface area contributed by atoms with Crippen LogP contribution in [-0.2, 0) is 4.74 Å². The van der Waals surface area contributed by atoms with Crippen molar-refractivity contribution >= 4 is 0 Å². The van der Waals surface area contributed by atoms with Crippen LogP contribution >= 0.6 is 0 Å². The van der Waals surface area contributed by atoms with Crippen molar-refractivity contribution in [3.05, 3.63) is 12.2 Å². The molecular formula is C12H20O. The van der Waals surface area contributed by atoms with Crippen LogP contribution in [0.25, 0.3) is 0 Å². The highest BCUT2D eigenvalue weighted by Crippen LogP contribution is 2.30. The Balaban J connectivity index is 1.91. The van der Waals surface area contributed by atoms with Crippen LogP contribution in [-0.4, -0.2) is 12.2 Å². The summed E-state index contributed by atoms with van der Waals surface area (Å²) in [5.74, 6) is 0.813. The average Bonchev–Trinajstić information content (AvgIpc) is 2.19. The van der Waals surface area contributed by atoms with Gasteiger partial charge in [0.05, 0.1) is 12.2 Å². The highest BCUT2D eigenvalue weighted by Gasteiger charge is 2.25. The van der Waals surface area contributed by atoms with Crippen LogP contribution in [0.5, 0.6) is 0 Å². The zero-order valence-corrected chi connectivity index (χ0v) is 8.54. The van der Waals surface area contributed by atoms with E-state index in [0.717, 1.165) is 12.3 Å². The molecule has 0 radical (unpaired) electrons. The first-order chi connectivity index (χ1) is 6.36. The van der Waals surface area contributed by atoms with Gasteiger partial charge in [0.2, 0.25) is 0 Å². The van der Waals surface area contributed by atoms with Gasteiger partial charge in [-0.05, 0) is 32.1 Å². The molecule has 1 heterocycles. The van der Waals surface area contributed by atoms with Gasteiger partial charge in [-0.2, -0.15) is 0 Å². The second-order valence-electron chi connectivity index (χ2n) is 4.47. The Kier molecular flexibility index (Phi) is 3.05. The van der Waals surface area contributed by atoms with Gasteiger partial charge in [0.25, 0.3) is 0 Å². The summed E-state index contributed by atoms with van der Waals surface area (Å²) in [5, 5.41) is 0. The van der Waals surface area contributed by atoms with Gasteiger partial charge in [-0.25, -0.2) is 0 Å². The molecule has 0 bridgehead atoms. The lowest BCUT2D eigenvalue weighted by molar-refractivity contribution is -0.0220. The Bertz CT molecular complexity index is 180. The molecule has 74 valence electrons. The van der Waals surface area contributed by atoms with Crippen molar-refractivity contribution < 1.29 is 4.74 Å². The van der Waals surface area contributed by atoms with Crippen molar-refractivity contribution in [1.29, 1.82) is 0 Å². The molecule has 1 fully saturated rings. The van der Waals surface area contributed by atoms with Gasteiger partial charge >= 0.3 is 0 Å². The predicted molar refractivity (Wildman–Crippen MR) is 54.7 cm³/mol. The van der Waals surface area contributed by atoms with Crippen LogP contribution in [0.1, 0.15) is 45.4 Å². The van der Waals surface area contributed by atoms with Crippen LogP contribution in [0, 0.1) is 5.92 Å². The molecule has 1 aliphatic carbocycles. The summed E-state index contributed by atoms with van der Waals surface area (Å²) < 4.78 is 5.94. The molecular weight excluding hydrogens is 160 g/mol. The van der Waals surface area contributed by atoms with E-state index in [0.29, 0.717) is 12.2 Å². The third-order valence-electron chi connectivity index (χ3n) is 3.30. The molecule has 1 nitrogen and oxygen atoms in total. The topological polar surface area (TPSA) is 9.23 Å². The van der Waals surface area contributed by atoms with Gasteiger partial charge in [0, 0.05) is 0 Å². The van der Waals surface area contributed by atoms with Gasteiger partial charge in [-0.15, -0.1) is 0 Å². The lowest BCUT2D eigenvalue weighted by Gasteiger charge is -2.32. The molecule has 0 amide bonds. The Morgan fingerprint density at radius 1 is 1.15 bits per heavy atom.